The van der Waals surface area contributed by atoms with Crippen molar-refractivity contribution in [3.05, 3.63) is 35.3 Å². The average Bonchev–Trinajstić information content (AvgIpc) is 2.66. The standard InChI is InChI=1S/C20H23F2N3O4/c1-10-20(28)29-16-7-12(22)6-13-17(14(19(26)27)8-25(10)18(13)16)24-5-3-11(2-4-21)15(23)9-24/h6-8,10-11,15,17H,2-5,9,23H2,1H3,(H,26,27)/t10-,11+,15+,17?/m0/s1. The first-order valence-electron chi connectivity index (χ1n) is 9.66. The zero-order valence-electron chi connectivity index (χ0n) is 16.0. The number of benzene rings is 1. The number of carbonyl (C=O) groups is 2. The minimum Gasteiger partial charge on any atom is -0.478 e. The van der Waals surface area contributed by atoms with E-state index in [2.05, 4.69) is 0 Å². The van der Waals surface area contributed by atoms with Crippen LogP contribution in [0.2, 0.25) is 0 Å². The molecule has 3 aliphatic heterocycles. The fraction of sp³-hybridized carbons (Fsp3) is 0.500. The summed E-state index contributed by atoms with van der Waals surface area (Å²) in [5.74, 6) is -2.25. The van der Waals surface area contributed by atoms with Gasteiger partial charge < -0.3 is 20.5 Å². The third-order valence-electron chi connectivity index (χ3n) is 6.09. The van der Waals surface area contributed by atoms with Crippen LogP contribution in [0.1, 0.15) is 31.4 Å². The topological polar surface area (TPSA) is 96.1 Å². The first-order chi connectivity index (χ1) is 13.8. The Bertz CT molecular complexity index is 891. The summed E-state index contributed by atoms with van der Waals surface area (Å²) in [6, 6.07) is 0.631. The van der Waals surface area contributed by atoms with E-state index in [1.165, 1.54) is 17.2 Å². The fourth-order valence-electron chi connectivity index (χ4n) is 4.58. The third-order valence-corrected chi connectivity index (χ3v) is 6.09. The molecule has 0 aliphatic carbocycles. The van der Waals surface area contributed by atoms with Gasteiger partial charge in [-0.15, -0.1) is 0 Å². The lowest BCUT2D eigenvalue weighted by Gasteiger charge is -2.46. The van der Waals surface area contributed by atoms with Crippen molar-refractivity contribution >= 4 is 17.6 Å². The highest BCUT2D eigenvalue weighted by Crippen LogP contribution is 2.48. The van der Waals surface area contributed by atoms with Crippen LogP contribution in [0.3, 0.4) is 0 Å². The molecule has 9 heteroatoms. The monoisotopic (exact) mass is 407 g/mol. The molecule has 29 heavy (non-hydrogen) atoms. The predicted octanol–water partition coefficient (Wildman–Crippen LogP) is 1.97. The number of esters is 1. The van der Waals surface area contributed by atoms with E-state index in [-0.39, 0.29) is 23.3 Å². The average molecular weight is 407 g/mol. The number of carboxylic acid groups (broad SMARTS) is 1. The Kier molecular flexibility index (Phi) is 5.04. The molecule has 7 nitrogen and oxygen atoms in total. The van der Waals surface area contributed by atoms with Gasteiger partial charge >= 0.3 is 11.9 Å². The quantitative estimate of drug-likeness (QED) is 0.582. The zero-order chi connectivity index (χ0) is 20.9. The summed E-state index contributed by atoms with van der Waals surface area (Å²) in [5.41, 5.74) is 7.19. The summed E-state index contributed by atoms with van der Waals surface area (Å²) in [6.45, 7) is 2.03. The molecule has 4 atom stereocenters. The number of piperidine rings is 1. The van der Waals surface area contributed by atoms with E-state index < -0.39 is 36.5 Å². The molecule has 1 saturated heterocycles. The SMILES string of the molecule is C[C@H]1C(=O)Oc2cc(F)cc3c2N1C=C(C(=O)O)C3N1CC[C@@H](CCF)[C@H](N)C1. The molecule has 0 radical (unpaired) electrons. The Morgan fingerprint density at radius 1 is 1.41 bits per heavy atom. The molecule has 0 bridgehead atoms. The highest BCUT2D eigenvalue weighted by Gasteiger charge is 2.44. The number of nitrogens with zero attached hydrogens (tertiary/aromatic N) is 2. The molecule has 1 aromatic rings. The number of likely N-dealkylation sites (tertiary alicyclic amines) is 1. The second-order valence-electron chi connectivity index (χ2n) is 7.82. The second-order valence-corrected chi connectivity index (χ2v) is 7.82. The van der Waals surface area contributed by atoms with Crippen molar-refractivity contribution in [2.45, 2.75) is 37.9 Å². The van der Waals surface area contributed by atoms with E-state index in [9.17, 15) is 23.5 Å². The normalized spacial score (nSPS) is 29.2. The summed E-state index contributed by atoms with van der Waals surface area (Å²) in [7, 11) is 0. The maximum absolute atomic E-state index is 14.4. The number of hydrogen-bond donors (Lipinski definition) is 2. The molecule has 1 fully saturated rings. The van der Waals surface area contributed by atoms with E-state index in [1.807, 2.05) is 4.90 Å². The molecule has 1 aromatic carbocycles. The van der Waals surface area contributed by atoms with Gasteiger partial charge in [0.05, 0.1) is 24.0 Å². The molecule has 0 spiro atoms. The highest BCUT2D eigenvalue weighted by molar-refractivity contribution is 5.96. The number of aliphatic carboxylic acids is 1. The molecule has 156 valence electrons. The van der Waals surface area contributed by atoms with Gasteiger partial charge in [0.15, 0.2) is 5.75 Å². The Hall–Kier alpha value is -2.52. The number of rotatable bonds is 4. The third kappa shape index (κ3) is 3.28. The number of nitrogens with two attached hydrogens (primary N) is 1. The van der Waals surface area contributed by atoms with Crippen LogP contribution in [0.15, 0.2) is 23.9 Å². The van der Waals surface area contributed by atoms with Crippen LogP contribution in [0.5, 0.6) is 5.75 Å². The van der Waals surface area contributed by atoms with Crippen LogP contribution < -0.4 is 15.4 Å². The number of carbonyl (C=O) groups excluding carboxylic acids is 1. The second kappa shape index (κ2) is 7.38. The summed E-state index contributed by atoms with van der Waals surface area (Å²) < 4.78 is 32.4. The summed E-state index contributed by atoms with van der Waals surface area (Å²) in [6.07, 6.45) is 2.43. The van der Waals surface area contributed by atoms with Crippen LogP contribution in [0.4, 0.5) is 14.5 Å². The van der Waals surface area contributed by atoms with Gasteiger partial charge in [0.2, 0.25) is 0 Å². The number of alkyl halides is 1. The van der Waals surface area contributed by atoms with E-state index in [4.69, 9.17) is 10.5 Å². The van der Waals surface area contributed by atoms with E-state index in [1.54, 1.807) is 6.92 Å². The molecule has 3 heterocycles. The van der Waals surface area contributed by atoms with E-state index in [0.717, 1.165) is 6.07 Å². The minimum absolute atomic E-state index is 0.0241. The highest BCUT2D eigenvalue weighted by atomic mass is 19.1. The van der Waals surface area contributed by atoms with Gasteiger partial charge in [0.1, 0.15) is 11.9 Å². The Balaban J connectivity index is 1.79. The van der Waals surface area contributed by atoms with Gasteiger partial charge in [-0.2, -0.15) is 0 Å². The molecule has 0 amide bonds. The van der Waals surface area contributed by atoms with Gasteiger partial charge in [-0.3, -0.25) is 9.29 Å². The van der Waals surface area contributed by atoms with Crippen molar-refractivity contribution in [1.82, 2.24) is 4.90 Å². The van der Waals surface area contributed by atoms with Crippen molar-refractivity contribution in [2.24, 2.45) is 11.7 Å². The first-order valence-corrected chi connectivity index (χ1v) is 9.66. The number of ether oxygens (including phenoxy) is 1. The molecular weight excluding hydrogens is 384 g/mol. The summed E-state index contributed by atoms with van der Waals surface area (Å²) in [5, 5.41) is 9.88. The van der Waals surface area contributed by atoms with Crippen molar-refractivity contribution in [1.29, 1.82) is 0 Å². The van der Waals surface area contributed by atoms with Crippen molar-refractivity contribution < 1.29 is 28.2 Å². The number of hydrogen-bond acceptors (Lipinski definition) is 6. The number of carboxylic acids is 1. The van der Waals surface area contributed by atoms with Crippen LogP contribution >= 0.6 is 0 Å². The Morgan fingerprint density at radius 3 is 2.83 bits per heavy atom. The van der Waals surface area contributed by atoms with Crippen LogP contribution in [-0.2, 0) is 9.59 Å². The lowest BCUT2D eigenvalue weighted by molar-refractivity contribution is -0.137. The molecule has 0 aromatic heterocycles. The Labute approximate surface area is 166 Å². The van der Waals surface area contributed by atoms with E-state index >= 15 is 0 Å². The lowest BCUT2D eigenvalue weighted by atomic mass is 9.85. The lowest BCUT2D eigenvalue weighted by Crippen LogP contribution is -2.52. The fourth-order valence-corrected chi connectivity index (χ4v) is 4.58. The van der Waals surface area contributed by atoms with Crippen LogP contribution in [0.25, 0.3) is 0 Å². The molecule has 4 rings (SSSR count). The maximum Gasteiger partial charge on any atom is 0.335 e. The summed E-state index contributed by atoms with van der Waals surface area (Å²) >= 11 is 0. The number of anilines is 1. The van der Waals surface area contributed by atoms with Crippen LogP contribution in [-0.4, -0.2) is 53.8 Å². The van der Waals surface area contributed by atoms with Crippen molar-refractivity contribution in [3.63, 3.8) is 0 Å². The predicted molar refractivity (Wildman–Crippen MR) is 101 cm³/mol. The Morgan fingerprint density at radius 2 is 2.17 bits per heavy atom. The molecular formula is C20H23F2N3O4. The molecule has 3 N–H and O–H groups in total. The van der Waals surface area contributed by atoms with Gasteiger partial charge in [-0.25, -0.2) is 14.0 Å². The maximum atomic E-state index is 14.4. The number of halogens is 2. The molecule has 0 saturated carbocycles. The van der Waals surface area contributed by atoms with Gasteiger partial charge in [0, 0.05) is 30.4 Å². The van der Waals surface area contributed by atoms with Gasteiger partial charge in [-0.05, 0) is 38.3 Å². The van der Waals surface area contributed by atoms with E-state index in [0.29, 0.717) is 37.2 Å². The zero-order valence-corrected chi connectivity index (χ0v) is 16.0. The van der Waals surface area contributed by atoms with Crippen molar-refractivity contribution in [3.8, 4) is 5.75 Å². The van der Waals surface area contributed by atoms with Gasteiger partial charge in [0.25, 0.3) is 0 Å². The minimum atomic E-state index is -1.16. The molecule has 1 unspecified atom stereocenters. The smallest absolute Gasteiger partial charge is 0.335 e. The van der Waals surface area contributed by atoms with Gasteiger partial charge in [-0.1, -0.05) is 0 Å². The molecule has 3 aliphatic rings. The largest absolute Gasteiger partial charge is 0.478 e. The summed E-state index contributed by atoms with van der Waals surface area (Å²) in [4.78, 5) is 27.7. The van der Waals surface area contributed by atoms with Crippen molar-refractivity contribution in [2.75, 3.05) is 24.7 Å². The first kappa shape index (κ1) is 19.8. The van der Waals surface area contributed by atoms with Crippen LogP contribution in [0, 0.1) is 11.7 Å².